The van der Waals surface area contributed by atoms with Crippen molar-refractivity contribution in [3.63, 3.8) is 0 Å². The van der Waals surface area contributed by atoms with Gasteiger partial charge in [0.05, 0.1) is 19.8 Å². The van der Waals surface area contributed by atoms with Crippen LogP contribution in [-0.4, -0.2) is 64.0 Å². The first-order valence-corrected chi connectivity index (χ1v) is 8.28. The molecule has 0 unspecified atom stereocenters. The number of nitrogens with one attached hydrogen (secondary N) is 1. The van der Waals surface area contributed by atoms with Gasteiger partial charge >= 0.3 is 0 Å². The molecule has 2 aliphatic rings. The summed E-state index contributed by atoms with van der Waals surface area (Å²) >= 11 is 0. The van der Waals surface area contributed by atoms with E-state index in [9.17, 15) is 0 Å². The Morgan fingerprint density at radius 2 is 1.95 bits per heavy atom. The number of hydrogen-bond donors (Lipinski definition) is 1. The average Bonchev–Trinajstić information content (AvgIpc) is 2.48. The Balaban J connectivity index is 0.00000242. The lowest BCUT2D eigenvalue weighted by Crippen LogP contribution is -2.45. The first-order valence-electron chi connectivity index (χ1n) is 8.28. The maximum Gasteiger partial charge on any atom is 0.193 e. The number of rotatable bonds is 6. The van der Waals surface area contributed by atoms with Crippen LogP contribution < -0.4 is 5.32 Å². The first-order chi connectivity index (χ1) is 10.1. The summed E-state index contributed by atoms with van der Waals surface area (Å²) in [7, 11) is 2.14. The summed E-state index contributed by atoms with van der Waals surface area (Å²) in [5, 5.41) is 3.40. The minimum atomic E-state index is 0. The molecule has 0 aromatic rings. The highest BCUT2D eigenvalue weighted by Gasteiger charge is 2.33. The van der Waals surface area contributed by atoms with Crippen LogP contribution in [0.5, 0.6) is 0 Å². The molecular formula is C16H32IN3O2. The van der Waals surface area contributed by atoms with Crippen LogP contribution in [0.4, 0.5) is 0 Å². The fraction of sp³-hybridized carbons (Fsp3) is 0.938. The normalized spacial score (nSPS) is 21.7. The van der Waals surface area contributed by atoms with Gasteiger partial charge in [-0.25, -0.2) is 0 Å². The van der Waals surface area contributed by atoms with Gasteiger partial charge in [-0.2, -0.15) is 0 Å². The number of aliphatic imine (C=N–C) groups is 1. The Morgan fingerprint density at radius 3 is 2.50 bits per heavy atom. The van der Waals surface area contributed by atoms with Gasteiger partial charge in [-0.3, -0.25) is 4.99 Å². The molecule has 2 rings (SSSR count). The van der Waals surface area contributed by atoms with Crippen molar-refractivity contribution in [2.45, 2.75) is 33.1 Å². The van der Waals surface area contributed by atoms with Crippen LogP contribution >= 0.6 is 24.0 Å². The number of ether oxygens (including phenoxy) is 2. The van der Waals surface area contributed by atoms with E-state index in [-0.39, 0.29) is 29.4 Å². The Labute approximate surface area is 152 Å². The van der Waals surface area contributed by atoms with E-state index >= 15 is 0 Å². The van der Waals surface area contributed by atoms with Crippen LogP contribution in [0, 0.1) is 11.3 Å². The molecule has 0 aromatic carbocycles. The molecule has 2 heterocycles. The molecule has 5 nitrogen and oxygen atoms in total. The van der Waals surface area contributed by atoms with Crippen LogP contribution in [0.15, 0.2) is 4.99 Å². The van der Waals surface area contributed by atoms with Crippen molar-refractivity contribution in [2.75, 3.05) is 53.1 Å². The van der Waals surface area contributed by atoms with Crippen LogP contribution in [-0.2, 0) is 9.47 Å². The van der Waals surface area contributed by atoms with Gasteiger partial charge in [-0.05, 0) is 32.1 Å². The van der Waals surface area contributed by atoms with Crippen LogP contribution in [0.2, 0.25) is 0 Å². The first kappa shape index (κ1) is 20.0. The van der Waals surface area contributed by atoms with E-state index in [0.29, 0.717) is 0 Å². The molecule has 0 saturated carbocycles. The number of hydrogen-bond acceptors (Lipinski definition) is 3. The Hall–Kier alpha value is -0.0800. The summed E-state index contributed by atoms with van der Waals surface area (Å²) in [4.78, 5) is 7.06. The standard InChI is InChI=1S/C16H31N3O2.HI/c1-4-17-15(18-11-16(2)12-21-13-16)19(3)8-5-14-6-9-20-10-7-14;/h14H,4-13H2,1-3H3,(H,17,18);1H. The van der Waals surface area contributed by atoms with Gasteiger partial charge < -0.3 is 19.7 Å². The fourth-order valence-electron chi connectivity index (χ4n) is 2.79. The van der Waals surface area contributed by atoms with Gasteiger partial charge in [0.25, 0.3) is 0 Å². The molecule has 2 fully saturated rings. The summed E-state index contributed by atoms with van der Waals surface area (Å²) in [6.45, 7) is 10.7. The lowest BCUT2D eigenvalue weighted by atomic mass is 9.89. The molecule has 6 heteroatoms. The molecule has 1 N–H and O–H groups in total. The van der Waals surface area contributed by atoms with Crippen LogP contribution in [0.3, 0.4) is 0 Å². The molecule has 0 aromatic heterocycles. The third kappa shape index (κ3) is 6.20. The van der Waals surface area contributed by atoms with Crippen LogP contribution in [0.1, 0.15) is 33.1 Å². The van der Waals surface area contributed by atoms with E-state index in [1.165, 1.54) is 19.3 Å². The summed E-state index contributed by atoms with van der Waals surface area (Å²) in [6.07, 6.45) is 3.64. The lowest BCUT2D eigenvalue weighted by Gasteiger charge is -2.37. The molecule has 0 radical (unpaired) electrons. The zero-order valence-corrected chi connectivity index (χ0v) is 16.6. The minimum absolute atomic E-state index is 0. The minimum Gasteiger partial charge on any atom is -0.381 e. The van der Waals surface area contributed by atoms with Crippen molar-refractivity contribution in [3.05, 3.63) is 0 Å². The van der Waals surface area contributed by atoms with E-state index in [1.54, 1.807) is 0 Å². The van der Waals surface area contributed by atoms with Gasteiger partial charge in [0.2, 0.25) is 0 Å². The van der Waals surface area contributed by atoms with Crippen molar-refractivity contribution in [1.29, 1.82) is 0 Å². The van der Waals surface area contributed by atoms with Crippen LogP contribution in [0.25, 0.3) is 0 Å². The summed E-state index contributed by atoms with van der Waals surface area (Å²) < 4.78 is 10.7. The second-order valence-corrected chi connectivity index (χ2v) is 6.74. The largest absolute Gasteiger partial charge is 0.381 e. The molecule has 0 aliphatic carbocycles. The number of guanidine groups is 1. The fourth-order valence-corrected chi connectivity index (χ4v) is 2.79. The van der Waals surface area contributed by atoms with Gasteiger partial charge in [0, 0.05) is 38.8 Å². The highest BCUT2D eigenvalue weighted by Crippen LogP contribution is 2.26. The Kier molecular flexibility index (Phi) is 9.01. The van der Waals surface area contributed by atoms with Gasteiger partial charge in [0.15, 0.2) is 5.96 Å². The molecule has 2 saturated heterocycles. The summed E-state index contributed by atoms with van der Waals surface area (Å²) in [6, 6.07) is 0. The third-order valence-electron chi connectivity index (χ3n) is 4.42. The van der Waals surface area contributed by atoms with Crippen molar-refractivity contribution in [3.8, 4) is 0 Å². The molecule has 22 heavy (non-hydrogen) atoms. The van der Waals surface area contributed by atoms with Gasteiger partial charge in [-0.15, -0.1) is 24.0 Å². The van der Waals surface area contributed by atoms with Crippen molar-refractivity contribution < 1.29 is 9.47 Å². The zero-order valence-electron chi connectivity index (χ0n) is 14.3. The maximum atomic E-state index is 5.43. The van der Waals surface area contributed by atoms with Gasteiger partial charge in [-0.1, -0.05) is 6.92 Å². The SMILES string of the molecule is CCNC(=NCC1(C)COC1)N(C)CCC1CCOCC1.I. The van der Waals surface area contributed by atoms with E-state index in [4.69, 9.17) is 14.5 Å². The van der Waals surface area contributed by atoms with Gasteiger partial charge in [0.1, 0.15) is 0 Å². The monoisotopic (exact) mass is 425 g/mol. The summed E-state index contributed by atoms with van der Waals surface area (Å²) in [5.74, 6) is 1.83. The molecule has 0 atom stereocenters. The number of halogens is 1. The molecule has 2 aliphatic heterocycles. The quantitative estimate of drug-likeness (QED) is 0.403. The predicted octanol–water partition coefficient (Wildman–Crippen LogP) is 2.35. The van der Waals surface area contributed by atoms with Crippen molar-refractivity contribution in [2.24, 2.45) is 16.3 Å². The van der Waals surface area contributed by atoms with E-state index < -0.39 is 0 Å². The Bertz CT molecular complexity index is 342. The second kappa shape index (κ2) is 9.93. The maximum absolute atomic E-state index is 5.43. The molecule has 0 bridgehead atoms. The van der Waals surface area contributed by atoms with Crippen molar-refractivity contribution in [1.82, 2.24) is 10.2 Å². The molecular weight excluding hydrogens is 393 g/mol. The van der Waals surface area contributed by atoms with Crippen molar-refractivity contribution >= 4 is 29.9 Å². The second-order valence-electron chi connectivity index (χ2n) is 6.74. The van der Waals surface area contributed by atoms with E-state index in [2.05, 4.69) is 31.1 Å². The van der Waals surface area contributed by atoms with E-state index in [1.807, 2.05) is 0 Å². The topological polar surface area (TPSA) is 46.1 Å². The molecule has 0 amide bonds. The number of nitrogens with zero attached hydrogens (tertiary/aromatic N) is 2. The molecule has 130 valence electrons. The molecule has 0 spiro atoms. The zero-order chi connectivity index (χ0) is 15.1. The third-order valence-corrected chi connectivity index (χ3v) is 4.42. The highest BCUT2D eigenvalue weighted by atomic mass is 127. The Morgan fingerprint density at radius 1 is 1.27 bits per heavy atom. The van der Waals surface area contributed by atoms with E-state index in [0.717, 1.165) is 57.9 Å². The predicted molar refractivity (Wildman–Crippen MR) is 101 cm³/mol. The lowest BCUT2D eigenvalue weighted by molar-refractivity contribution is -0.0945. The highest BCUT2D eigenvalue weighted by molar-refractivity contribution is 14.0. The smallest absolute Gasteiger partial charge is 0.193 e. The average molecular weight is 425 g/mol. The summed E-state index contributed by atoms with van der Waals surface area (Å²) in [5.41, 5.74) is 0.238.